The first-order valence-electron chi connectivity index (χ1n) is 5.54. The second-order valence-corrected chi connectivity index (χ2v) is 7.76. The second kappa shape index (κ2) is 5.09. The van der Waals surface area contributed by atoms with Crippen LogP contribution in [0.1, 0.15) is 0 Å². The van der Waals surface area contributed by atoms with Gasteiger partial charge in [-0.3, -0.25) is 4.72 Å². The lowest BCUT2D eigenvalue weighted by Crippen LogP contribution is -2.12. The van der Waals surface area contributed by atoms with Crippen LogP contribution in [0.4, 0.5) is 10.3 Å². The third kappa shape index (κ3) is 2.75. The van der Waals surface area contributed by atoms with Gasteiger partial charge in [-0.15, -0.1) is 10.2 Å². The number of fused-ring (bicyclic) bond motifs is 1. The van der Waals surface area contributed by atoms with E-state index in [4.69, 9.17) is 10.5 Å². The van der Waals surface area contributed by atoms with Crippen LogP contribution in [0.5, 0.6) is 5.75 Å². The highest BCUT2D eigenvalue weighted by atomic mass is 32.2. The molecule has 0 aliphatic carbocycles. The molecule has 0 amide bonds. The predicted octanol–water partition coefficient (Wildman–Crippen LogP) is 1.54. The summed E-state index contributed by atoms with van der Waals surface area (Å²) in [6.07, 6.45) is 0. The summed E-state index contributed by atoms with van der Waals surface area (Å²) in [5.74, 6) is 0.678. The van der Waals surface area contributed by atoms with Crippen LogP contribution in [0.15, 0.2) is 22.5 Å². The van der Waals surface area contributed by atoms with Crippen LogP contribution in [-0.2, 0) is 10.0 Å². The van der Waals surface area contributed by atoms with Crippen LogP contribution >= 0.6 is 22.7 Å². The van der Waals surface area contributed by atoms with Crippen molar-refractivity contribution in [2.45, 2.75) is 4.34 Å². The number of nitrogen functional groups attached to an aromatic ring is 1. The maximum Gasteiger partial charge on any atom is 0.293 e. The van der Waals surface area contributed by atoms with Gasteiger partial charge in [0.25, 0.3) is 14.4 Å². The molecule has 110 valence electrons. The molecule has 2 aromatic heterocycles. The van der Waals surface area contributed by atoms with E-state index in [1.807, 2.05) is 0 Å². The fourth-order valence-electron chi connectivity index (χ4n) is 1.56. The minimum absolute atomic E-state index is 0.0874. The molecule has 0 aliphatic heterocycles. The summed E-state index contributed by atoms with van der Waals surface area (Å²) in [7, 11) is -2.26. The highest BCUT2D eigenvalue weighted by molar-refractivity contribution is 7.94. The first-order chi connectivity index (χ1) is 9.98. The van der Waals surface area contributed by atoms with E-state index in [-0.39, 0.29) is 14.6 Å². The minimum Gasteiger partial charge on any atom is -0.497 e. The van der Waals surface area contributed by atoms with Gasteiger partial charge < -0.3 is 10.5 Å². The fraction of sp³-hybridized carbons (Fsp3) is 0.100. The highest BCUT2D eigenvalue weighted by Crippen LogP contribution is 2.30. The molecule has 3 rings (SSSR count). The zero-order valence-corrected chi connectivity index (χ0v) is 13.1. The number of rotatable bonds is 4. The first kappa shape index (κ1) is 14.0. The molecule has 0 aliphatic rings. The largest absolute Gasteiger partial charge is 0.497 e. The molecule has 0 atom stereocenters. The van der Waals surface area contributed by atoms with E-state index < -0.39 is 10.0 Å². The van der Waals surface area contributed by atoms with Crippen LogP contribution in [-0.4, -0.2) is 30.7 Å². The number of hydrogen-bond donors (Lipinski definition) is 2. The van der Waals surface area contributed by atoms with Crippen molar-refractivity contribution in [3.63, 3.8) is 0 Å². The summed E-state index contributed by atoms with van der Waals surface area (Å²) >= 11 is 1.99. The van der Waals surface area contributed by atoms with Crippen molar-refractivity contribution >= 4 is 53.2 Å². The number of nitrogens with zero attached hydrogens (tertiary/aromatic N) is 3. The summed E-state index contributed by atoms with van der Waals surface area (Å²) < 4.78 is 32.3. The topological polar surface area (TPSA) is 120 Å². The van der Waals surface area contributed by atoms with E-state index in [9.17, 15) is 8.42 Å². The third-order valence-corrected chi connectivity index (χ3v) is 5.99. The molecule has 0 spiro atoms. The van der Waals surface area contributed by atoms with E-state index in [0.29, 0.717) is 11.3 Å². The number of methoxy groups -OCH3 is 1. The maximum absolute atomic E-state index is 12.1. The Kier molecular flexibility index (Phi) is 3.39. The zero-order valence-electron chi connectivity index (χ0n) is 10.6. The molecule has 0 radical (unpaired) electrons. The number of thiazole rings is 1. The van der Waals surface area contributed by atoms with Gasteiger partial charge in [-0.05, 0) is 18.2 Å². The normalized spacial score (nSPS) is 11.7. The van der Waals surface area contributed by atoms with Gasteiger partial charge in [-0.2, -0.15) is 8.42 Å². The van der Waals surface area contributed by atoms with Crippen LogP contribution < -0.4 is 15.2 Å². The molecule has 0 unspecified atom stereocenters. The Morgan fingerprint density at radius 3 is 2.76 bits per heavy atom. The molecule has 3 aromatic rings. The van der Waals surface area contributed by atoms with E-state index >= 15 is 0 Å². The molecule has 0 saturated heterocycles. The standard InChI is InChI=1S/C10H9N5O3S3/c1-18-5-2-3-6-7(4-5)19-9(12-6)15-21(16,17)10-14-13-8(11)20-10/h2-4H,1H3,(H2,11,13)(H,12,15). The van der Waals surface area contributed by atoms with Gasteiger partial charge in [-0.25, -0.2) is 4.98 Å². The van der Waals surface area contributed by atoms with Gasteiger partial charge in [0.15, 0.2) is 5.13 Å². The van der Waals surface area contributed by atoms with Crippen molar-refractivity contribution in [3.05, 3.63) is 18.2 Å². The Morgan fingerprint density at radius 1 is 1.29 bits per heavy atom. The number of nitrogens with two attached hydrogens (primary N) is 1. The summed E-state index contributed by atoms with van der Waals surface area (Å²) in [5.41, 5.74) is 6.06. The summed E-state index contributed by atoms with van der Waals surface area (Å²) in [6.45, 7) is 0. The molecule has 21 heavy (non-hydrogen) atoms. The summed E-state index contributed by atoms with van der Waals surface area (Å²) in [4.78, 5) is 4.20. The van der Waals surface area contributed by atoms with Crippen LogP contribution in [0.2, 0.25) is 0 Å². The van der Waals surface area contributed by atoms with Gasteiger partial charge >= 0.3 is 0 Å². The van der Waals surface area contributed by atoms with Crippen molar-refractivity contribution in [2.75, 3.05) is 17.6 Å². The van der Waals surface area contributed by atoms with Crippen molar-refractivity contribution in [2.24, 2.45) is 0 Å². The first-order valence-corrected chi connectivity index (χ1v) is 8.66. The molecule has 8 nitrogen and oxygen atoms in total. The molecule has 0 saturated carbocycles. The van der Waals surface area contributed by atoms with Crippen LogP contribution in [0, 0.1) is 0 Å². The number of sulfonamides is 1. The molecular formula is C10H9N5O3S3. The van der Waals surface area contributed by atoms with Gasteiger partial charge in [0, 0.05) is 0 Å². The van der Waals surface area contributed by atoms with Crippen molar-refractivity contribution in [1.82, 2.24) is 15.2 Å². The lowest BCUT2D eigenvalue weighted by molar-refractivity contribution is 0.415. The summed E-state index contributed by atoms with van der Waals surface area (Å²) in [6, 6.07) is 5.30. The van der Waals surface area contributed by atoms with Crippen molar-refractivity contribution in [3.8, 4) is 5.75 Å². The molecule has 11 heteroatoms. The summed E-state index contributed by atoms with van der Waals surface area (Å²) in [5, 5.41) is 7.33. The Balaban J connectivity index is 1.94. The monoisotopic (exact) mass is 343 g/mol. The number of aromatic nitrogens is 3. The van der Waals surface area contributed by atoms with Crippen LogP contribution in [0.3, 0.4) is 0 Å². The van der Waals surface area contributed by atoms with Gasteiger partial charge in [0.2, 0.25) is 5.13 Å². The number of hydrogen-bond acceptors (Lipinski definition) is 9. The number of nitrogens with one attached hydrogen (secondary N) is 1. The lowest BCUT2D eigenvalue weighted by Gasteiger charge is -1.99. The Bertz CT molecular complexity index is 902. The van der Waals surface area contributed by atoms with Gasteiger partial charge in [0.05, 0.1) is 17.3 Å². The molecular weight excluding hydrogens is 334 g/mol. The average molecular weight is 343 g/mol. The van der Waals surface area contributed by atoms with E-state index in [0.717, 1.165) is 16.0 Å². The Morgan fingerprint density at radius 2 is 2.10 bits per heavy atom. The number of benzene rings is 1. The minimum atomic E-state index is -3.82. The SMILES string of the molecule is COc1ccc2nc(NS(=O)(=O)c3nnc(N)s3)sc2c1. The van der Waals surface area contributed by atoms with Crippen LogP contribution in [0.25, 0.3) is 10.2 Å². The van der Waals surface area contributed by atoms with E-state index in [1.165, 1.54) is 11.3 Å². The van der Waals surface area contributed by atoms with E-state index in [1.54, 1.807) is 25.3 Å². The molecule has 0 fully saturated rings. The van der Waals surface area contributed by atoms with Crippen molar-refractivity contribution in [1.29, 1.82) is 0 Å². The number of ether oxygens (including phenoxy) is 1. The van der Waals surface area contributed by atoms with Gasteiger partial charge in [0.1, 0.15) is 5.75 Å². The lowest BCUT2D eigenvalue weighted by atomic mass is 10.3. The smallest absolute Gasteiger partial charge is 0.293 e. The van der Waals surface area contributed by atoms with Crippen molar-refractivity contribution < 1.29 is 13.2 Å². The Labute approximate surface area is 127 Å². The Hall–Kier alpha value is -1.98. The quantitative estimate of drug-likeness (QED) is 0.737. The molecule has 2 heterocycles. The molecule has 0 bridgehead atoms. The fourth-order valence-corrected chi connectivity index (χ4v) is 4.48. The maximum atomic E-state index is 12.1. The highest BCUT2D eigenvalue weighted by Gasteiger charge is 2.21. The number of anilines is 2. The second-order valence-electron chi connectivity index (χ2n) is 3.86. The zero-order chi connectivity index (χ0) is 15.0. The molecule has 3 N–H and O–H groups in total. The van der Waals surface area contributed by atoms with Gasteiger partial charge in [-0.1, -0.05) is 22.7 Å². The van der Waals surface area contributed by atoms with E-state index in [2.05, 4.69) is 19.9 Å². The molecule has 1 aromatic carbocycles. The average Bonchev–Trinajstić information content (AvgIpc) is 3.03. The predicted molar refractivity (Wildman–Crippen MR) is 81.3 cm³/mol. The third-order valence-electron chi connectivity index (χ3n) is 2.47.